The Labute approximate surface area is 161 Å². The van der Waals surface area contributed by atoms with E-state index in [-0.39, 0.29) is 5.56 Å². The lowest BCUT2D eigenvalue weighted by atomic mass is 10.1. The van der Waals surface area contributed by atoms with Crippen LogP contribution in [0.15, 0.2) is 29.1 Å². The Morgan fingerprint density at radius 2 is 1.74 bits per heavy atom. The van der Waals surface area contributed by atoms with E-state index in [9.17, 15) is 4.79 Å². The lowest BCUT2D eigenvalue weighted by molar-refractivity contribution is 0.123. The molecule has 0 N–H and O–H groups in total. The van der Waals surface area contributed by atoms with Crippen molar-refractivity contribution in [3.05, 3.63) is 51.4 Å². The van der Waals surface area contributed by atoms with Crippen LogP contribution in [0.2, 0.25) is 0 Å². The van der Waals surface area contributed by atoms with Gasteiger partial charge in [-0.3, -0.25) is 19.2 Å². The quantitative estimate of drug-likeness (QED) is 0.745. The van der Waals surface area contributed by atoms with Crippen LogP contribution in [0.25, 0.3) is 0 Å². The largest absolute Gasteiger partial charge is 0.298 e. The summed E-state index contributed by atoms with van der Waals surface area (Å²) in [6, 6.07) is 9.04. The molecule has 1 saturated carbocycles. The highest BCUT2D eigenvalue weighted by Crippen LogP contribution is 2.31. The molecule has 1 aliphatic heterocycles. The van der Waals surface area contributed by atoms with E-state index in [0.717, 1.165) is 29.6 Å². The molecule has 0 saturated heterocycles. The minimum Gasteiger partial charge on any atom is -0.298 e. The fourth-order valence-corrected chi connectivity index (χ4v) is 4.39. The van der Waals surface area contributed by atoms with E-state index in [2.05, 4.69) is 41.0 Å². The number of nitrogens with zero attached hydrogens (tertiary/aromatic N) is 4. The Bertz CT molecular complexity index is 880. The highest BCUT2D eigenvalue weighted by Gasteiger charge is 2.31. The van der Waals surface area contributed by atoms with Gasteiger partial charge in [0, 0.05) is 23.0 Å². The van der Waals surface area contributed by atoms with E-state index in [1.54, 1.807) is 0 Å². The van der Waals surface area contributed by atoms with E-state index >= 15 is 0 Å². The summed E-state index contributed by atoms with van der Waals surface area (Å²) in [5.74, 6) is 0.776. The SMILES string of the molecule is Cc1cccc(N2CN(C3CCCCCC3)Cn3c2nc(C)c(C)c3=O)c1. The predicted molar refractivity (Wildman–Crippen MR) is 109 cm³/mol. The average Bonchev–Trinajstić information content (AvgIpc) is 2.95. The number of rotatable bonds is 2. The molecule has 0 radical (unpaired) electrons. The van der Waals surface area contributed by atoms with Crippen molar-refractivity contribution in [3.63, 3.8) is 0 Å². The normalized spacial score (nSPS) is 19.0. The van der Waals surface area contributed by atoms with Gasteiger partial charge in [-0.25, -0.2) is 4.98 Å². The zero-order valence-electron chi connectivity index (χ0n) is 16.7. The average molecular weight is 367 g/mol. The van der Waals surface area contributed by atoms with Gasteiger partial charge >= 0.3 is 0 Å². The maximum Gasteiger partial charge on any atom is 0.259 e. The molecule has 4 rings (SSSR count). The first-order chi connectivity index (χ1) is 13.0. The summed E-state index contributed by atoms with van der Waals surface area (Å²) in [4.78, 5) is 22.6. The van der Waals surface area contributed by atoms with Gasteiger partial charge < -0.3 is 0 Å². The maximum atomic E-state index is 13.0. The summed E-state index contributed by atoms with van der Waals surface area (Å²) in [7, 11) is 0. The summed E-state index contributed by atoms with van der Waals surface area (Å²) in [6.45, 7) is 7.37. The maximum absolute atomic E-state index is 13.0. The van der Waals surface area contributed by atoms with Crippen molar-refractivity contribution >= 4 is 11.6 Å². The lowest BCUT2D eigenvalue weighted by Gasteiger charge is -2.42. The summed E-state index contributed by atoms with van der Waals surface area (Å²) in [6.07, 6.45) is 7.70. The summed E-state index contributed by atoms with van der Waals surface area (Å²) in [5.41, 5.74) is 4.00. The standard InChI is InChI=1S/C22H30N4O/c1-16-9-8-12-20(13-16)25-14-24(19-10-6-4-5-7-11-19)15-26-21(27)17(2)18(3)23-22(25)26/h8-9,12-13,19H,4-7,10-11,14-15H2,1-3H3. The summed E-state index contributed by atoms with van der Waals surface area (Å²) < 4.78 is 1.87. The zero-order chi connectivity index (χ0) is 19.0. The van der Waals surface area contributed by atoms with Gasteiger partial charge in [-0.05, 0) is 51.3 Å². The van der Waals surface area contributed by atoms with E-state index in [1.807, 2.05) is 18.4 Å². The Morgan fingerprint density at radius 3 is 2.44 bits per heavy atom. The Morgan fingerprint density at radius 1 is 1.00 bits per heavy atom. The van der Waals surface area contributed by atoms with Crippen molar-refractivity contribution in [1.29, 1.82) is 0 Å². The second-order valence-corrected chi connectivity index (χ2v) is 8.14. The van der Waals surface area contributed by atoms with Crippen molar-refractivity contribution in [2.75, 3.05) is 11.6 Å². The molecular weight excluding hydrogens is 336 g/mol. The van der Waals surface area contributed by atoms with Gasteiger partial charge in [0.15, 0.2) is 0 Å². The van der Waals surface area contributed by atoms with Crippen LogP contribution in [-0.4, -0.2) is 27.2 Å². The van der Waals surface area contributed by atoms with Crippen LogP contribution in [0, 0.1) is 20.8 Å². The van der Waals surface area contributed by atoms with E-state index in [1.165, 1.54) is 44.1 Å². The molecule has 2 aromatic rings. The van der Waals surface area contributed by atoms with Gasteiger partial charge in [0.2, 0.25) is 5.95 Å². The molecule has 2 aliphatic rings. The lowest BCUT2D eigenvalue weighted by Crippen LogP contribution is -2.51. The molecule has 0 spiro atoms. The smallest absolute Gasteiger partial charge is 0.259 e. The topological polar surface area (TPSA) is 41.4 Å². The Kier molecular flexibility index (Phi) is 5.04. The highest BCUT2D eigenvalue weighted by atomic mass is 16.1. The molecule has 5 heteroatoms. The fraction of sp³-hybridized carbons (Fsp3) is 0.545. The van der Waals surface area contributed by atoms with Gasteiger partial charge in [-0.15, -0.1) is 0 Å². The van der Waals surface area contributed by atoms with Crippen molar-refractivity contribution in [2.24, 2.45) is 0 Å². The molecule has 144 valence electrons. The first-order valence-electron chi connectivity index (χ1n) is 10.2. The number of hydrogen-bond acceptors (Lipinski definition) is 4. The van der Waals surface area contributed by atoms with Gasteiger partial charge in [0.1, 0.15) is 0 Å². The number of fused-ring (bicyclic) bond motifs is 1. The summed E-state index contributed by atoms with van der Waals surface area (Å²) in [5, 5.41) is 0. The fourth-order valence-electron chi connectivity index (χ4n) is 4.39. The monoisotopic (exact) mass is 366 g/mol. The molecule has 1 aliphatic carbocycles. The van der Waals surface area contributed by atoms with Crippen LogP contribution in [0.3, 0.4) is 0 Å². The van der Waals surface area contributed by atoms with Crippen molar-refractivity contribution in [3.8, 4) is 0 Å². The van der Waals surface area contributed by atoms with Gasteiger partial charge in [-0.1, -0.05) is 37.8 Å². The van der Waals surface area contributed by atoms with Gasteiger partial charge in [-0.2, -0.15) is 0 Å². The summed E-state index contributed by atoms with van der Waals surface area (Å²) >= 11 is 0. The molecule has 5 nitrogen and oxygen atoms in total. The van der Waals surface area contributed by atoms with Crippen LogP contribution in [0.4, 0.5) is 11.6 Å². The Balaban J connectivity index is 1.79. The molecule has 0 atom stereocenters. The van der Waals surface area contributed by atoms with Gasteiger partial charge in [0.05, 0.1) is 13.3 Å². The predicted octanol–water partition coefficient (Wildman–Crippen LogP) is 4.26. The van der Waals surface area contributed by atoms with Crippen molar-refractivity contribution < 1.29 is 0 Å². The number of hydrogen-bond donors (Lipinski definition) is 0. The second-order valence-electron chi connectivity index (χ2n) is 8.14. The van der Waals surface area contributed by atoms with Crippen LogP contribution in [-0.2, 0) is 6.67 Å². The molecule has 0 bridgehead atoms. The minimum absolute atomic E-state index is 0.0912. The molecule has 0 unspecified atom stereocenters. The van der Waals surface area contributed by atoms with Crippen LogP contribution >= 0.6 is 0 Å². The van der Waals surface area contributed by atoms with Crippen LogP contribution < -0.4 is 10.5 Å². The van der Waals surface area contributed by atoms with Crippen LogP contribution in [0.1, 0.15) is 55.3 Å². The van der Waals surface area contributed by atoms with E-state index < -0.39 is 0 Å². The third-order valence-electron chi connectivity index (χ3n) is 6.16. The number of benzene rings is 1. The van der Waals surface area contributed by atoms with E-state index in [4.69, 9.17) is 4.98 Å². The molecule has 0 amide bonds. The number of anilines is 2. The first-order valence-corrected chi connectivity index (χ1v) is 10.2. The van der Waals surface area contributed by atoms with E-state index in [0.29, 0.717) is 12.7 Å². The molecule has 1 fully saturated rings. The Hall–Kier alpha value is -2.14. The molecular formula is C22H30N4O. The molecule has 1 aromatic heterocycles. The third-order valence-corrected chi connectivity index (χ3v) is 6.16. The first kappa shape index (κ1) is 18.2. The van der Waals surface area contributed by atoms with Gasteiger partial charge in [0.25, 0.3) is 5.56 Å². The number of aryl methyl sites for hydroxylation is 2. The molecule has 27 heavy (non-hydrogen) atoms. The molecule has 1 aromatic carbocycles. The van der Waals surface area contributed by atoms with Crippen LogP contribution in [0.5, 0.6) is 0 Å². The number of aromatic nitrogens is 2. The third kappa shape index (κ3) is 3.53. The molecule has 2 heterocycles. The minimum atomic E-state index is 0.0912. The highest BCUT2D eigenvalue weighted by molar-refractivity contribution is 5.59. The van der Waals surface area contributed by atoms with Crippen molar-refractivity contribution in [2.45, 2.75) is 72.0 Å². The zero-order valence-corrected chi connectivity index (χ0v) is 16.7. The second kappa shape index (κ2) is 7.47. The van der Waals surface area contributed by atoms with Crippen molar-refractivity contribution in [1.82, 2.24) is 14.5 Å².